The van der Waals surface area contributed by atoms with Gasteiger partial charge in [-0.15, -0.1) is 0 Å². The molecule has 2 atom stereocenters. The van der Waals surface area contributed by atoms with Gasteiger partial charge in [-0.2, -0.15) is 0 Å². The zero-order chi connectivity index (χ0) is 12.1. The van der Waals surface area contributed by atoms with E-state index in [1.807, 2.05) is 12.1 Å². The van der Waals surface area contributed by atoms with Crippen LogP contribution in [0.25, 0.3) is 0 Å². The van der Waals surface area contributed by atoms with E-state index in [2.05, 4.69) is 24.4 Å². The van der Waals surface area contributed by atoms with Crippen LogP contribution in [0, 0.1) is 5.92 Å². The molecule has 0 bridgehead atoms. The minimum Gasteiger partial charge on any atom is -0.488 e. The average Bonchev–Trinajstić information content (AvgIpc) is 2.71. The van der Waals surface area contributed by atoms with Crippen molar-refractivity contribution in [3.8, 4) is 5.75 Å². The van der Waals surface area contributed by atoms with Crippen molar-refractivity contribution in [2.24, 2.45) is 5.92 Å². The number of benzene rings is 1. The van der Waals surface area contributed by atoms with E-state index in [1.54, 1.807) is 7.11 Å². The Morgan fingerprint density at radius 1 is 1.47 bits per heavy atom. The molecule has 1 aromatic rings. The van der Waals surface area contributed by atoms with Gasteiger partial charge in [0.15, 0.2) is 0 Å². The quantitative estimate of drug-likeness (QED) is 0.816. The molecule has 2 unspecified atom stereocenters. The van der Waals surface area contributed by atoms with E-state index in [0.717, 1.165) is 31.9 Å². The van der Waals surface area contributed by atoms with E-state index < -0.39 is 0 Å². The number of ether oxygens (including phenoxy) is 2. The van der Waals surface area contributed by atoms with Gasteiger partial charge in [0.1, 0.15) is 11.9 Å². The second-order valence-electron chi connectivity index (χ2n) is 4.77. The maximum atomic E-state index is 5.85. The standard InChI is InChI=1S/C14H21NO2/c1-11(10-16-2)8-15-9-13-7-12-5-3-4-6-14(12)17-13/h3-6,11,13,15H,7-10H2,1-2H3. The lowest BCUT2D eigenvalue weighted by Gasteiger charge is -2.15. The van der Waals surface area contributed by atoms with Crippen LogP contribution in [0.2, 0.25) is 0 Å². The Hall–Kier alpha value is -1.06. The molecule has 0 saturated carbocycles. The van der Waals surface area contributed by atoms with Crippen LogP contribution in [-0.2, 0) is 11.2 Å². The third-order valence-corrected chi connectivity index (χ3v) is 3.03. The van der Waals surface area contributed by atoms with Gasteiger partial charge in [0.25, 0.3) is 0 Å². The summed E-state index contributed by atoms with van der Waals surface area (Å²) in [6, 6.07) is 8.28. The SMILES string of the molecule is COCC(C)CNCC1Cc2ccccc2O1. The molecule has 0 spiro atoms. The van der Waals surface area contributed by atoms with Gasteiger partial charge in [0.05, 0.1) is 0 Å². The topological polar surface area (TPSA) is 30.5 Å². The summed E-state index contributed by atoms with van der Waals surface area (Å²) >= 11 is 0. The third-order valence-electron chi connectivity index (χ3n) is 3.03. The summed E-state index contributed by atoms with van der Waals surface area (Å²) in [5.41, 5.74) is 1.32. The first-order valence-electron chi connectivity index (χ1n) is 6.24. The van der Waals surface area contributed by atoms with Crippen LogP contribution in [0.5, 0.6) is 5.75 Å². The summed E-state index contributed by atoms with van der Waals surface area (Å²) in [4.78, 5) is 0. The number of nitrogens with one attached hydrogen (secondary N) is 1. The van der Waals surface area contributed by atoms with Crippen LogP contribution in [0.15, 0.2) is 24.3 Å². The lowest BCUT2D eigenvalue weighted by molar-refractivity contribution is 0.155. The Kier molecular flexibility index (Phi) is 4.40. The Labute approximate surface area is 103 Å². The molecule has 0 amide bonds. The molecule has 1 N–H and O–H groups in total. The van der Waals surface area contributed by atoms with Gasteiger partial charge < -0.3 is 14.8 Å². The zero-order valence-electron chi connectivity index (χ0n) is 10.6. The monoisotopic (exact) mass is 235 g/mol. The third kappa shape index (κ3) is 3.45. The van der Waals surface area contributed by atoms with Crippen LogP contribution < -0.4 is 10.1 Å². The Morgan fingerprint density at radius 2 is 2.29 bits per heavy atom. The predicted octanol–water partition coefficient (Wildman–Crippen LogP) is 1.86. The highest BCUT2D eigenvalue weighted by molar-refractivity contribution is 5.37. The van der Waals surface area contributed by atoms with Gasteiger partial charge in [-0.3, -0.25) is 0 Å². The molecule has 1 aromatic carbocycles. The van der Waals surface area contributed by atoms with E-state index in [9.17, 15) is 0 Å². The Morgan fingerprint density at radius 3 is 3.06 bits per heavy atom. The largest absolute Gasteiger partial charge is 0.488 e. The second-order valence-corrected chi connectivity index (χ2v) is 4.77. The van der Waals surface area contributed by atoms with Gasteiger partial charge in [-0.05, 0) is 17.5 Å². The van der Waals surface area contributed by atoms with Crippen molar-refractivity contribution in [2.45, 2.75) is 19.4 Å². The normalized spacial score (nSPS) is 19.8. The van der Waals surface area contributed by atoms with Gasteiger partial charge in [-0.1, -0.05) is 25.1 Å². The molecule has 94 valence electrons. The van der Waals surface area contributed by atoms with E-state index in [0.29, 0.717) is 5.92 Å². The van der Waals surface area contributed by atoms with Gasteiger partial charge >= 0.3 is 0 Å². The zero-order valence-corrected chi connectivity index (χ0v) is 10.6. The van der Waals surface area contributed by atoms with Crippen LogP contribution in [0.1, 0.15) is 12.5 Å². The van der Waals surface area contributed by atoms with Crippen LogP contribution in [0.3, 0.4) is 0 Å². The predicted molar refractivity (Wildman–Crippen MR) is 68.5 cm³/mol. The van der Waals surface area contributed by atoms with Crippen molar-refractivity contribution < 1.29 is 9.47 Å². The fourth-order valence-electron chi connectivity index (χ4n) is 2.20. The average molecular weight is 235 g/mol. The molecule has 1 aliphatic rings. The summed E-state index contributed by atoms with van der Waals surface area (Å²) in [7, 11) is 1.74. The summed E-state index contributed by atoms with van der Waals surface area (Å²) < 4.78 is 11.0. The highest BCUT2D eigenvalue weighted by Crippen LogP contribution is 2.27. The first kappa shape index (κ1) is 12.4. The molecule has 0 saturated heterocycles. The first-order valence-corrected chi connectivity index (χ1v) is 6.24. The number of methoxy groups -OCH3 is 1. The maximum absolute atomic E-state index is 5.85. The molecule has 1 heterocycles. The van der Waals surface area contributed by atoms with Crippen molar-refractivity contribution >= 4 is 0 Å². The number of para-hydroxylation sites is 1. The number of fused-ring (bicyclic) bond motifs is 1. The van der Waals surface area contributed by atoms with Crippen molar-refractivity contribution in [1.29, 1.82) is 0 Å². The van der Waals surface area contributed by atoms with E-state index in [4.69, 9.17) is 9.47 Å². The second kappa shape index (κ2) is 6.03. The highest BCUT2D eigenvalue weighted by atomic mass is 16.5. The van der Waals surface area contributed by atoms with Crippen LogP contribution >= 0.6 is 0 Å². The summed E-state index contributed by atoms with van der Waals surface area (Å²) in [5, 5.41) is 3.44. The molecule has 0 aromatic heterocycles. The molecule has 3 heteroatoms. The molecule has 17 heavy (non-hydrogen) atoms. The lowest BCUT2D eigenvalue weighted by atomic mass is 10.1. The fourth-order valence-corrected chi connectivity index (χ4v) is 2.20. The number of hydrogen-bond acceptors (Lipinski definition) is 3. The number of hydrogen-bond donors (Lipinski definition) is 1. The van der Waals surface area contributed by atoms with Crippen molar-refractivity contribution in [1.82, 2.24) is 5.32 Å². The summed E-state index contributed by atoms with van der Waals surface area (Å²) in [5.74, 6) is 1.59. The molecule has 0 aliphatic carbocycles. The molecule has 3 nitrogen and oxygen atoms in total. The van der Waals surface area contributed by atoms with Crippen molar-refractivity contribution in [3.63, 3.8) is 0 Å². The lowest BCUT2D eigenvalue weighted by Crippen LogP contribution is -2.33. The minimum absolute atomic E-state index is 0.280. The maximum Gasteiger partial charge on any atom is 0.123 e. The van der Waals surface area contributed by atoms with Crippen molar-refractivity contribution in [2.75, 3.05) is 26.8 Å². The molecule has 0 radical (unpaired) electrons. The molecular formula is C14H21NO2. The number of rotatable bonds is 6. The van der Waals surface area contributed by atoms with Gasteiger partial charge in [0, 0.05) is 33.2 Å². The van der Waals surface area contributed by atoms with Gasteiger partial charge in [0.2, 0.25) is 0 Å². The van der Waals surface area contributed by atoms with E-state index >= 15 is 0 Å². The summed E-state index contributed by atoms with van der Waals surface area (Å²) in [6.07, 6.45) is 1.30. The molecular weight excluding hydrogens is 214 g/mol. The van der Waals surface area contributed by atoms with Crippen molar-refractivity contribution in [3.05, 3.63) is 29.8 Å². The Balaban J connectivity index is 1.70. The first-order chi connectivity index (χ1) is 8.29. The highest BCUT2D eigenvalue weighted by Gasteiger charge is 2.21. The van der Waals surface area contributed by atoms with Gasteiger partial charge in [-0.25, -0.2) is 0 Å². The van der Waals surface area contributed by atoms with Crippen LogP contribution in [-0.4, -0.2) is 32.9 Å². The molecule has 2 rings (SSSR count). The Bertz CT molecular complexity index is 329. The fraction of sp³-hybridized carbons (Fsp3) is 0.571. The summed E-state index contributed by atoms with van der Waals surface area (Å²) in [6.45, 7) is 4.87. The smallest absolute Gasteiger partial charge is 0.123 e. The van der Waals surface area contributed by atoms with E-state index in [-0.39, 0.29) is 6.10 Å². The molecule has 1 aliphatic heterocycles. The van der Waals surface area contributed by atoms with Crippen LogP contribution in [0.4, 0.5) is 0 Å². The molecule has 0 fully saturated rings. The minimum atomic E-state index is 0.280. The van der Waals surface area contributed by atoms with E-state index in [1.165, 1.54) is 5.56 Å².